The Morgan fingerprint density at radius 2 is 1.74 bits per heavy atom. The molecule has 0 radical (unpaired) electrons. The van der Waals surface area contributed by atoms with Crippen LogP contribution < -0.4 is 5.32 Å². The zero-order chi connectivity index (χ0) is 15.5. The van der Waals surface area contributed by atoms with Crippen molar-refractivity contribution in [3.8, 4) is 0 Å². The zero-order valence-corrected chi connectivity index (χ0v) is 14.8. The van der Waals surface area contributed by atoms with Gasteiger partial charge in [-0.25, -0.2) is 8.78 Å². The molecule has 0 saturated heterocycles. The summed E-state index contributed by atoms with van der Waals surface area (Å²) in [7, 11) is 0. The second kappa shape index (κ2) is 8.34. The number of hydrogen-bond acceptors (Lipinski definition) is 2. The number of nitrogens with one attached hydrogen (secondary N) is 1. The normalized spacial score (nSPS) is 13.9. The van der Waals surface area contributed by atoms with E-state index >= 15 is 0 Å². The van der Waals surface area contributed by atoms with Gasteiger partial charge < -0.3 is 5.32 Å². The first kappa shape index (κ1) is 18.5. The smallest absolute Gasteiger partial charge is 0.130 e. The van der Waals surface area contributed by atoms with Crippen molar-refractivity contribution >= 4 is 35.8 Å². The van der Waals surface area contributed by atoms with Crippen LogP contribution in [0.3, 0.4) is 0 Å². The van der Waals surface area contributed by atoms with Gasteiger partial charge in [0.2, 0.25) is 0 Å². The van der Waals surface area contributed by atoms with Crippen LogP contribution in [0.2, 0.25) is 5.02 Å². The molecule has 3 rings (SSSR count). The van der Waals surface area contributed by atoms with Gasteiger partial charge in [-0.15, -0.1) is 24.2 Å². The molecule has 1 heterocycles. The molecule has 0 aromatic heterocycles. The number of halogens is 4. The summed E-state index contributed by atoms with van der Waals surface area (Å²) >= 11 is 7.74. The molecule has 1 nitrogen and oxygen atoms in total. The molecule has 0 unspecified atom stereocenters. The van der Waals surface area contributed by atoms with Crippen molar-refractivity contribution in [2.24, 2.45) is 0 Å². The van der Waals surface area contributed by atoms with Crippen molar-refractivity contribution in [3.63, 3.8) is 0 Å². The van der Waals surface area contributed by atoms with Gasteiger partial charge >= 0.3 is 0 Å². The predicted octanol–water partition coefficient (Wildman–Crippen LogP) is 5.02. The molecule has 2 aromatic rings. The average Bonchev–Trinajstić information content (AvgIpc) is 2.74. The quantitative estimate of drug-likeness (QED) is 0.755. The Morgan fingerprint density at radius 1 is 1.04 bits per heavy atom. The topological polar surface area (TPSA) is 12.0 Å². The lowest BCUT2D eigenvalue weighted by Gasteiger charge is -2.14. The van der Waals surface area contributed by atoms with Crippen molar-refractivity contribution in [3.05, 3.63) is 63.7 Å². The minimum Gasteiger partial charge on any atom is -0.316 e. The highest BCUT2D eigenvalue weighted by Gasteiger charge is 2.17. The molecule has 0 fully saturated rings. The van der Waals surface area contributed by atoms with E-state index in [1.54, 1.807) is 0 Å². The number of thioether (sulfide) groups is 1. The fraction of sp³-hybridized carbons (Fsp3) is 0.294. The first-order valence-electron chi connectivity index (χ1n) is 7.23. The van der Waals surface area contributed by atoms with E-state index in [9.17, 15) is 8.78 Å². The maximum absolute atomic E-state index is 13.8. The standard InChI is InChI=1S/C17H16ClF2NS.ClH/c18-14-5-4-11-6-8-21-9-7-12(11)17(14)22-10-13-15(19)2-1-3-16(13)20;/h1-5,21H,6-10H2;1H. The van der Waals surface area contributed by atoms with E-state index in [1.807, 2.05) is 6.07 Å². The molecule has 0 amide bonds. The molecule has 0 spiro atoms. The SMILES string of the molecule is Cl.Fc1cccc(F)c1CSc1c(Cl)ccc2c1CCNCC2. The van der Waals surface area contributed by atoms with Crippen molar-refractivity contribution in [2.75, 3.05) is 13.1 Å². The lowest BCUT2D eigenvalue weighted by Crippen LogP contribution is -2.16. The van der Waals surface area contributed by atoms with Gasteiger partial charge in [-0.2, -0.15) is 0 Å². The van der Waals surface area contributed by atoms with Gasteiger partial charge in [0.1, 0.15) is 11.6 Å². The van der Waals surface area contributed by atoms with Crippen LogP contribution in [-0.2, 0) is 18.6 Å². The fourth-order valence-electron chi connectivity index (χ4n) is 2.68. The molecule has 6 heteroatoms. The third-order valence-electron chi connectivity index (χ3n) is 3.85. The third-order valence-corrected chi connectivity index (χ3v) is 5.47. The Labute approximate surface area is 150 Å². The maximum Gasteiger partial charge on any atom is 0.130 e. The summed E-state index contributed by atoms with van der Waals surface area (Å²) in [6.07, 6.45) is 1.84. The van der Waals surface area contributed by atoms with Gasteiger partial charge in [-0.1, -0.05) is 23.7 Å². The van der Waals surface area contributed by atoms with Crippen LogP contribution in [-0.4, -0.2) is 13.1 Å². The summed E-state index contributed by atoms with van der Waals surface area (Å²) < 4.78 is 27.5. The summed E-state index contributed by atoms with van der Waals surface area (Å²) in [6.45, 7) is 1.84. The second-order valence-electron chi connectivity index (χ2n) is 5.25. The van der Waals surface area contributed by atoms with Crippen LogP contribution in [0.15, 0.2) is 35.2 Å². The van der Waals surface area contributed by atoms with E-state index in [2.05, 4.69) is 11.4 Å². The summed E-state index contributed by atoms with van der Waals surface area (Å²) in [6, 6.07) is 7.89. The van der Waals surface area contributed by atoms with Gasteiger partial charge in [0, 0.05) is 16.2 Å². The molecule has 2 aromatic carbocycles. The van der Waals surface area contributed by atoms with Gasteiger partial charge in [0.25, 0.3) is 0 Å². The zero-order valence-electron chi connectivity index (χ0n) is 12.4. The van der Waals surface area contributed by atoms with Crippen molar-refractivity contribution in [2.45, 2.75) is 23.5 Å². The predicted molar refractivity (Wildman–Crippen MR) is 94.9 cm³/mol. The van der Waals surface area contributed by atoms with Crippen molar-refractivity contribution in [1.29, 1.82) is 0 Å². The molecule has 1 aliphatic rings. The molecule has 0 aliphatic carbocycles. The lowest BCUT2D eigenvalue weighted by molar-refractivity contribution is 0.566. The minimum absolute atomic E-state index is 0. The molecule has 124 valence electrons. The molecule has 1 N–H and O–H groups in total. The Hall–Kier alpha value is -0.810. The largest absolute Gasteiger partial charge is 0.316 e. The summed E-state index contributed by atoms with van der Waals surface area (Å²) in [5, 5.41) is 4.02. The minimum atomic E-state index is -0.507. The van der Waals surface area contributed by atoms with Crippen LogP contribution in [0.5, 0.6) is 0 Å². The monoisotopic (exact) mass is 375 g/mol. The van der Waals surface area contributed by atoms with E-state index in [4.69, 9.17) is 11.6 Å². The molecule has 0 atom stereocenters. The van der Waals surface area contributed by atoms with Crippen LogP contribution in [0, 0.1) is 11.6 Å². The highest BCUT2D eigenvalue weighted by molar-refractivity contribution is 7.98. The average molecular weight is 376 g/mol. The summed E-state index contributed by atoms with van der Waals surface area (Å²) in [5.41, 5.74) is 2.58. The first-order valence-corrected chi connectivity index (χ1v) is 8.60. The number of hydrogen-bond donors (Lipinski definition) is 1. The van der Waals surface area contributed by atoms with E-state index in [-0.39, 0.29) is 23.7 Å². The number of rotatable bonds is 3. The Bertz CT molecular complexity index is 674. The second-order valence-corrected chi connectivity index (χ2v) is 6.65. The maximum atomic E-state index is 13.8. The first-order chi connectivity index (χ1) is 10.7. The Kier molecular flexibility index (Phi) is 6.72. The highest BCUT2D eigenvalue weighted by Crippen LogP contribution is 2.36. The van der Waals surface area contributed by atoms with Crippen molar-refractivity contribution < 1.29 is 8.78 Å². The fourth-order valence-corrected chi connectivity index (χ4v) is 4.20. The van der Waals surface area contributed by atoms with E-state index in [0.29, 0.717) is 5.02 Å². The van der Waals surface area contributed by atoms with E-state index < -0.39 is 11.6 Å². The van der Waals surface area contributed by atoms with Gasteiger partial charge in [-0.3, -0.25) is 0 Å². The summed E-state index contributed by atoms with van der Waals surface area (Å²) in [5.74, 6) is -0.776. The van der Waals surface area contributed by atoms with E-state index in [1.165, 1.54) is 41.1 Å². The van der Waals surface area contributed by atoms with Crippen LogP contribution in [0.4, 0.5) is 8.78 Å². The summed E-state index contributed by atoms with van der Waals surface area (Å²) in [4.78, 5) is 0.950. The van der Waals surface area contributed by atoms with Crippen LogP contribution in [0.25, 0.3) is 0 Å². The van der Waals surface area contributed by atoms with Gasteiger partial charge in [-0.05, 0) is 55.3 Å². The van der Waals surface area contributed by atoms with Crippen molar-refractivity contribution in [1.82, 2.24) is 5.32 Å². The molecule has 23 heavy (non-hydrogen) atoms. The van der Waals surface area contributed by atoms with E-state index in [0.717, 1.165) is 30.8 Å². The Balaban J connectivity index is 0.00000192. The highest BCUT2D eigenvalue weighted by atomic mass is 35.5. The van der Waals surface area contributed by atoms with Gasteiger partial charge in [0.15, 0.2) is 0 Å². The number of benzene rings is 2. The molecule has 0 saturated carbocycles. The lowest BCUT2D eigenvalue weighted by atomic mass is 10.0. The van der Waals surface area contributed by atoms with Crippen LogP contribution in [0.1, 0.15) is 16.7 Å². The van der Waals surface area contributed by atoms with Crippen LogP contribution >= 0.6 is 35.8 Å². The molecular formula is C17H17Cl2F2NS. The number of fused-ring (bicyclic) bond motifs is 1. The third kappa shape index (κ3) is 4.18. The molecule has 0 bridgehead atoms. The molecule has 1 aliphatic heterocycles. The molecular weight excluding hydrogens is 359 g/mol. The van der Waals surface area contributed by atoms with Gasteiger partial charge in [0.05, 0.1) is 5.02 Å². The Morgan fingerprint density at radius 3 is 2.48 bits per heavy atom.